The van der Waals surface area contributed by atoms with Gasteiger partial charge in [-0.25, -0.2) is 4.79 Å². The highest BCUT2D eigenvalue weighted by molar-refractivity contribution is 6.36. The first-order chi connectivity index (χ1) is 5.52. The Morgan fingerprint density at radius 1 is 1.25 bits per heavy atom. The van der Waals surface area contributed by atoms with Gasteiger partial charge in [-0.1, -0.05) is 0 Å². The van der Waals surface area contributed by atoms with Gasteiger partial charge in [-0.3, -0.25) is 0 Å². The van der Waals surface area contributed by atoms with Gasteiger partial charge in [-0.15, -0.1) is 0 Å². The van der Waals surface area contributed by atoms with Crippen molar-refractivity contribution >= 4 is 19.3 Å². The van der Waals surface area contributed by atoms with E-state index in [0.29, 0.717) is 0 Å². The molecule has 1 aromatic rings. The molecule has 60 valence electrons. The first-order valence-corrected chi connectivity index (χ1v) is 3.07. The van der Waals surface area contributed by atoms with Crippen molar-refractivity contribution in [3.63, 3.8) is 0 Å². The van der Waals surface area contributed by atoms with E-state index in [-0.39, 0.29) is 11.0 Å². The van der Waals surface area contributed by atoms with E-state index < -0.39 is 17.5 Å². The topological polar surface area (TPSA) is 77.8 Å². The van der Waals surface area contributed by atoms with Gasteiger partial charge in [0.1, 0.15) is 19.3 Å². The van der Waals surface area contributed by atoms with Crippen LogP contribution in [0.1, 0.15) is 10.4 Å². The fraction of sp³-hybridized carbons (Fsp3) is 0. The molecule has 0 saturated heterocycles. The van der Waals surface area contributed by atoms with Gasteiger partial charge in [0, 0.05) is 0 Å². The molecule has 5 heteroatoms. The van der Waals surface area contributed by atoms with Crippen molar-refractivity contribution < 1.29 is 20.1 Å². The standard InChI is InChI=1S/C7H5BO4/c8-6-4(9)1-3(7(11)12)2-5(6)10/h1-2,9-10H,(H,11,12). The molecule has 0 aliphatic rings. The normalized spacial score (nSPS) is 9.67. The van der Waals surface area contributed by atoms with Crippen molar-refractivity contribution in [2.24, 2.45) is 0 Å². The average Bonchev–Trinajstić information content (AvgIpc) is 1.99. The minimum Gasteiger partial charge on any atom is -0.508 e. The number of phenolic OH excluding ortho intramolecular Hbond substituents is 2. The van der Waals surface area contributed by atoms with Crippen LogP contribution in [0.2, 0.25) is 0 Å². The van der Waals surface area contributed by atoms with E-state index in [2.05, 4.69) is 0 Å². The summed E-state index contributed by atoms with van der Waals surface area (Å²) in [5, 5.41) is 26.4. The Labute approximate surface area is 69.5 Å². The highest BCUT2D eigenvalue weighted by Gasteiger charge is 2.09. The molecule has 2 radical (unpaired) electrons. The lowest BCUT2D eigenvalue weighted by Gasteiger charge is -2.03. The van der Waals surface area contributed by atoms with Crippen molar-refractivity contribution in [2.45, 2.75) is 0 Å². The van der Waals surface area contributed by atoms with E-state index in [1.54, 1.807) is 0 Å². The van der Waals surface area contributed by atoms with Crippen LogP contribution in [0.15, 0.2) is 12.1 Å². The molecule has 0 aliphatic carbocycles. The zero-order valence-electron chi connectivity index (χ0n) is 5.98. The molecule has 1 aromatic carbocycles. The van der Waals surface area contributed by atoms with E-state index in [0.717, 1.165) is 12.1 Å². The van der Waals surface area contributed by atoms with Crippen molar-refractivity contribution in [1.29, 1.82) is 0 Å². The van der Waals surface area contributed by atoms with Gasteiger partial charge in [0.05, 0.1) is 5.56 Å². The molecule has 0 saturated carbocycles. The second kappa shape index (κ2) is 2.77. The number of aromatic hydroxyl groups is 2. The van der Waals surface area contributed by atoms with Crippen LogP contribution in [0.25, 0.3) is 0 Å². The molecule has 0 amide bonds. The van der Waals surface area contributed by atoms with E-state index in [1.165, 1.54) is 0 Å². The Bertz CT molecular complexity index is 311. The maximum Gasteiger partial charge on any atom is 0.335 e. The van der Waals surface area contributed by atoms with Crippen molar-refractivity contribution in [1.82, 2.24) is 0 Å². The number of hydrogen-bond donors (Lipinski definition) is 3. The van der Waals surface area contributed by atoms with E-state index in [4.69, 9.17) is 23.2 Å². The molecular weight excluding hydrogens is 159 g/mol. The number of carboxylic acid groups (broad SMARTS) is 1. The van der Waals surface area contributed by atoms with Crippen molar-refractivity contribution in [2.75, 3.05) is 0 Å². The minimum absolute atomic E-state index is 0.209. The first kappa shape index (κ1) is 8.45. The van der Waals surface area contributed by atoms with E-state index >= 15 is 0 Å². The molecule has 0 atom stereocenters. The molecule has 0 bridgehead atoms. The Kier molecular flexibility index (Phi) is 1.95. The van der Waals surface area contributed by atoms with Gasteiger partial charge in [0.15, 0.2) is 0 Å². The van der Waals surface area contributed by atoms with Crippen LogP contribution in [-0.4, -0.2) is 29.1 Å². The van der Waals surface area contributed by atoms with Gasteiger partial charge < -0.3 is 15.3 Å². The molecule has 0 aromatic heterocycles. The summed E-state index contributed by atoms with van der Waals surface area (Å²) in [6, 6.07) is 1.94. The summed E-state index contributed by atoms with van der Waals surface area (Å²) in [6.45, 7) is 0. The van der Waals surface area contributed by atoms with Crippen LogP contribution in [0.3, 0.4) is 0 Å². The summed E-state index contributed by atoms with van der Waals surface area (Å²) in [4.78, 5) is 10.4. The van der Waals surface area contributed by atoms with Crippen LogP contribution in [0.4, 0.5) is 0 Å². The Hall–Kier alpha value is -1.65. The summed E-state index contributed by atoms with van der Waals surface area (Å²) in [6.07, 6.45) is 0. The summed E-state index contributed by atoms with van der Waals surface area (Å²) >= 11 is 0. The molecule has 0 heterocycles. The van der Waals surface area contributed by atoms with Gasteiger partial charge in [0.25, 0.3) is 0 Å². The summed E-state index contributed by atoms with van der Waals surface area (Å²) in [7, 11) is 5.16. The van der Waals surface area contributed by atoms with Gasteiger partial charge >= 0.3 is 5.97 Å². The fourth-order valence-electron chi connectivity index (χ4n) is 0.746. The Balaban J connectivity index is 3.31. The monoisotopic (exact) mass is 164 g/mol. The lowest BCUT2D eigenvalue weighted by atomic mass is 9.92. The maximum absolute atomic E-state index is 10.4. The number of hydrogen-bond acceptors (Lipinski definition) is 3. The van der Waals surface area contributed by atoms with Crippen molar-refractivity contribution in [3.05, 3.63) is 17.7 Å². The zero-order chi connectivity index (χ0) is 9.30. The molecular formula is C7H5BO4. The van der Waals surface area contributed by atoms with Crippen LogP contribution in [-0.2, 0) is 0 Å². The molecule has 1 rings (SSSR count). The molecule has 0 unspecified atom stereocenters. The number of benzene rings is 1. The van der Waals surface area contributed by atoms with Gasteiger partial charge in [0.2, 0.25) is 0 Å². The third-order valence-electron chi connectivity index (χ3n) is 1.38. The van der Waals surface area contributed by atoms with Crippen LogP contribution < -0.4 is 5.46 Å². The summed E-state index contributed by atoms with van der Waals surface area (Å²) in [5.41, 5.74) is -0.431. The zero-order valence-corrected chi connectivity index (χ0v) is 5.98. The molecule has 0 aliphatic heterocycles. The highest BCUT2D eigenvalue weighted by atomic mass is 16.4. The van der Waals surface area contributed by atoms with E-state index in [9.17, 15) is 4.79 Å². The fourth-order valence-corrected chi connectivity index (χ4v) is 0.746. The highest BCUT2D eigenvalue weighted by Crippen LogP contribution is 2.16. The maximum atomic E-state index is 10.4. The SMILES string of the molecule is [B]c1c(O)cc(C(=O)O)cc1O. The van der Waals surface area contributed by atoms with E-state index in [1.807, 2.05) is 0 Å². The number of carboxylic acids is 1. The molecule has 12 heavy (non-hydrogen) atoms. The average molecular weight is 164 g/mol. The van der Waals surface area contributed by atoms with Gasteiger partial charge in [-0.05, 0) is 17.6 Å². The molecule has 3 N–H and O–H groups in total. The Morgan fingerprint density at radius 3 is 2.00 bits per heavy atom. The largest absolute Gasteiger partial charge is 0.508 e. The third-order valence-corrected chi connectivity index (χ3v) is 1.38. The van der Waals surface area contributed by atoms with Crippen LogP contribution in [0, 0.1) is 0 Å². The summed E-state index contributed by atoms with van der Waals surface area (Å²) in [5.74, 6) is -2.11. The first-order valence-electron chi connectivity index (χ1n) is 3.07. The molecule has 0 spiro atoms. The lowest BCUT2D eigenvalue weighted by Crippen LogP contribution is -2.06. The quantitative estimate of drug-likeness (QED) is 0.493. The molecule has 4 nitrogen and oxygen atoms in total. The molecule has 0 fully saturated rings. The summed E-state index contributed by atoms with van der Waals surface area (Å²) < 4.78 is 0. The third kappa shape index (κ3) is 1.34. The smallest absolute Gasteiger partial charge is 0.335 e. The van der Waals surface area contributed by atoms with Crippen molar-refractivity contribution in [3.8, 4) is 11.5 Å². The predicted molar refractivity (Wildman–Crippen MR) is 42.1 cm³/mol. The van der Waals surface area contributed by atoms with Gasteiger partial charge in [-0.2, -0.15) is 0 Å². The lowest BCUT2D eigenvalue weighted by molar-refractivity contribution is 0.0696. The Morgan fingerprint density at radius 2 is 1.67 bits per heavy atom. The van der Waals surface area contributed by atoms with Crippen LogP contribution in [0.5, 0.6) is 11.5 Å². The number of aromatic carboxylic acids is 1. The number of phenols is 2. The minimum atomic E-state index is -1.24. The predicted octanol–water partition coefficient (Wildman–Crippen LogP) is -0.410. The number of rotatable bonds is 1. The second-order valence-corrected chi connectivity index (χ2v) is 2.23. The van der Waals surface area contributed by atoms with Crippen LogP contribution >= 0.6 is 0 Å². The number of carbonyl (C=O) groups is 1. The second-order valence-electron chi connectivity index (χ2n) is 2.23.